The number of anilines is 1. The number of halogens is 3. The quantitative estimate of drug-likeness (QED) is 0.660. The zero-order valence-corrected chi connectivity index (χ0v) is 20.0. The Labute approximate surface area is 210 Å². The molecule has 2 aromatic rings. The number of hydrogen-bond donors (Lipinski definition) is 2. The second kappa shape index (κ2) is 10.2. The Morgan fingerprint density at radius 1 is 1.08 bits per heavy atom. The molecule has 5 rings (SSSR count). The molecule has 3 aliphatic heterocycles. The van der Waals surface area contributed by atoms with Crippen LogP contribution in [0.4, 0.5) is 18.9 Å². The highest BCUT2D eigenvalue weighted by Crippen LogP contribution is 2.41. The predicted octanol–water partition coefficient (Wildman–Crippen LogP) is 2.94. The second-order valence-corrected chi connectivity index (χ2v) is 9.96. The fraction of sp³-hybridized carbons (Fsp3) is 0.600. The molecular formula is C25H34F3N7O. The van der Waals surface area contributed by atoms with Crippen LogP contribution < -0.4 is 15.5 Å². The van der Waals surface area contributed by atoms with Crippen molar-refractivity contribution in [2.75, 3.05) is 44.2 Å². The van der Waals surface area contributed by atoms with Crippen LogP contribution in [0.3, 0.4) is 0 Å². The number of carbonyl (C=O) groups is 1. The molecule has 1 aromatic heterocycles. The number of likely N-dealkylation sites (tertiary alicyclic amines) is 1. The molecule has 1 aromatic carbocycles. The van der Waals surface area contributed by atoms with Gasteiger partial charge in [0.05, 0.1) is 23.1 Å². The van der Waals surface area contributed by atoms with E-state index in [9.17, 15) is 23.2 Å². The lowest BCUT2D eigenvalue weighted by atomic mass is 9.93. The number of fused-ring (bicyclic) bond motifs is 1. The van der Waals surface area contributed by atoms with Gasteiger partial charge in [0.25, 0.3) is 0 Å². The maximum atomic E-state index is 14.0. The lowest BCUT2D eigenvalue weighted by molar-refractivity contribution is -0.182. The molecule has 0 saturated carbocycles. The molecule has 0 bridgehead atoms. The molecule has 2 N–H and O–H groups in total. The van der Waals surface area contributed by atoms with Crippen LogP contribution in [-0.4, -0.2) is 78.3 Å². The summed E-state index contributed by atoms with van der Waals surface area (Å²) >= 11 is 0. The molecule has 3 saturated heterocycles. The first-order valence-corrected chi connectivity index (χ1v) is 12.6. The Bertz CT molecular complexity index is 1150. The van der Waals surface area contributed by atoms with E-state index in [1.807, 2.05) is 6.07 Å². The molecule has 1 unspecified atom stereocenters. The van der Waals surface area contributed by atoms with Crippen LogP contribution in [0.15, 0.2) is 24.5 Å². The minimum atomic E-state index is -4.51. The van der Waals surface area contributed by atoms with Crippen molar-refractivity contribution in [2.24, 2.45) is 11.8 Å². The van der Waals surface area contributed by atoms with Gasteiger partial charge in [-0.05, 0) is 50.9 Å². The highest BCUT2D eigenvalue weighted by Gasteiger charge is 2.53. The minimum Gasteiger partial charge on any atom is -0.368 e. The first kappa shape index (κ1) is 24.7. The second-order valence-electron chi connectivity index (χ2n) is 9.96. The van der Waals surface area contributed by atoms with Crippen LogP contribution in [0.1, 0.15) is 34.1 Å². The van der Waals surface area contributed by atoms with Crippen molar-refractivity contribution in [3.8, 4) is 6.07 Å². The highest BCUT2D eigenvalue weighted by atomic mass is 19.4. The summed E-state index contributed by atoms with van der Waals surface area (Å²) in [6.07, 6.45) is 2.10. The maximum Gasteiger partial charge on any atom is 0.394 e. The van der Waals surface area contributed by atoms with Gasteiger partial charge < -0.3 is 20.4 Å². The van der Waals surface area contributed by atoms with E-state index in [1.54, 1.807) is 17.0 Å². The fourth-order valence-corrected chi connectivity index (χ4v) is 5.87. The van der Waals surface area contributed by atoms with Crippen molar-refractivity contribution in [1.82, 2.24) is 25.5 Å². The van der Waals surface area contributed by atoms with Crippen molar-refractivity contribution >= 4 is 22.6 Å². The molecule has 4 heterocycles. The van der Waals surface area contributed by atoms with Gasteiger partial charge in [0.1, 0.15) is 17.1 Å². The van der Waals surface area contributed by atoms with Gasteiger partial charge in [0.15, 0.2) is 0 Å². The van der Waals surface area contributed by atoms with Crippen molar-refractivity contribution < 1.29 is 20.8 Å². The van der Waals surface area contributed by atoms with Gasteiger partial charge in [0.2, 0.25) is 5.91 Å². The third kappa shape index (κ3) is 4.97. The maximum absolute atomic E-state index is 14.0. The molecule has 0 radical (unpaired) electrons. The van der Waals surface area contributed by atoms with Crippen molar-refractivity contribution in [2.45, 2.75) is 43.9 Å². The number of benzene rings is 1. The smallest absolute Gasteiger partial charge is 0.368 e. The lowest BCUT2D eigenvalue weighted by Gasteiger charge is -2.39. The number of piperidine rings is 2. The monoisotopic (exact) mass is 505 g/mol. The predicted molar refractivity (Wildman–Crippen MR) is 132 cm³/mol. The topological polar surface area (TPSA) is 97.2 Å². The van der Waals surface area contributed by atoms with E-state index < -0.39 is 23.9 Å². The third-order valence-electron chi connectivity index (χ3n) is 7.84. The van der Waals surface area contributed by atoms with Gasteiger partial charge in [-0.2, -0.15) is 18.4 Å². The van der Waals surface area contributed by atoms with E-state index in [0.29, 0.717) is 28.3 Å². The molecule has 8 nitrogen and oxygen atoms in total. The Kier molecular flexibility index (Phi) is 6.99. The van der Waals surface area contributed by atoms with E-state index in [4.69, 9.17) is 0 Å². The summed E-state index contributed by atoms with van der Waals surface area (Å²) in [5.74, 6) is -3.53. The van der Waals surface area contributed by atoms with Gasteiger partial charge in [-0.25, -0.2) is 0 Å². The zero-order valence-electron chi connectivity index (χ0n) is 20.0. The van der Waals surface area contributed by atoms with Crippen LogP contribution in [-0.2, 0) is 4.79 Å². The Morgan fingerprint density at radius 3 is 2.44 bits per heavy atom. The number of amides is 1. The van der Waals surface area contributed by atoms with Crippen LogP contribution in [0.5, 0.6) is 0 Å². The number of hydrogen-bond acceptors (Lipinski definition) is 7. The Balaban J connectivity index is 0.00000200. The number of alkyl halides is 3. The summed E-state index contributed by atoms with van der Waals surface area (Å²) < 4.78 is 42.1. The Hall–Kier alpha value is -2.97. The SMILES string of the molecule is N#Cc1ccc(N2CC(C(=O)NC3CCN(C4CCNCC4)CC3)[C@@H](C(F)(F)F)C2)c2nccnc12.[HH].[HH]. The van der Waals surface area contributed by atoms with Gasteiger partial charge in [-0.3, -0.25) is 14.8 Å². The Morgan fingerprint density at radius 2 is 1.78 bits per heavy atom. The highest BCUT2D eigenvalue weighted by molar-refractivity contribution is 5.92. The third-order valence-corrected chi connectivity index (χ3v) is 7.84. The molecule has 2 atom stereocenters. The van der Waals surface area contributed by atoms with Crippen molar-refractivity contribution in [3.63, 3.8) is 0 Å². The number of nitriles is 1. The number of nitrogens with one attached hydrogen (secondary N) is 2. The molecule has 36 heavy (non-hydrogen) atoms. The van der Waals surface area contributed by atoms with Crippen LogP contribution in [0, 0.1) is 23.2 Å². The standard InChI is InChI=1S/C25H30F3N7O.2H2/c26-25(27,28)20-15-35(21-2-1-16(13-29)22-23(21)32-10-9-31-22)14-19(20)24(36)33-17-5-11-34(12-6-17)18-3-7-30-8-4-18;;/h1-2,9-10,17-20,30H,3-8,11-12,14-15H2,(H,33,36);2*1H/t19?,20-;;/m0../s1. The van der Waals surface area contributed by atoms with Crippen LogP contribution >= 0.6 is 0 Å². The van der Waals surface area contributed by atoms with Gasteiger partial charge in [-0.15, -0.1) is 0 Å². The summed E-state index contributed by atoms with van der Waals surface area (Å²) in [7, 11) is 0. The zero-order chi connectivity index (χ0) is 25.3. The van der Waals surface area contributed by atoms with E-state index in [1.165, 1.54) is 12.4 Å². The van der Waals surface area contributed by atoms with Crippen LogP contribution in [0.2, 0.25) is 0 Å². The molecule has 196 valence electrons. The van der Waals surface area contributed by atoms with Gasteiger partial charge in [-0.1, -0.05) is 0 Å². The van der Waals surface area contributed by atoms with Crippen LogP contribution in [0.25, 0.3) is 11.0 Å². The molecule has 11 heteroatoms. The number of nitrogens with zero attached hydrogens (tertiary/aromatic N) is 5. The minimum absolute atomic E-state index is 0. The van der Waals surface area contributed by atoms with Crippen molar-refractivity contribution in [1.29, 1.82) is 5.26 Å². The molecule has 0 aliphatic carbocycles. The number of rotatable bonds is 4. The molecular weight excluding hydrogens is 471 g/mol. The lowest BCUT2D eigenvalue weighted by Crippen LogP contribution is -2.52. The normalized spacial score (nSPS) is 24.7. The first-order chi connectivity index (χ1) is 17.3. The fourth-order valence-electron chi connectivity index (χ4n) is 5.87. The average Bonchev–Trinajstić information content (AvgIpc) is 3.35. The van der Waals surface area contributed by atoms with E-state index in [0.717, 1.165) is 51.9 Å². The van der Waals surface area contributed by atoms with Gasteiger partial charge >= 0.3 is 6.18 Å². The van der Waals surface area contributed by atoms with E-state index in [-0.39, 0.29) is 22.0 Å². The van der Waals surface area contributed by atoms with E-state index >= 15 is 0 Å². The largest absolute Gasteiger partial charge is 0.394 e. The number of carbonyl (C=O) groups excluding carboxylic acids is 1. The van der Waals surface area contributed by atoms with E-state index in [2.05, 4.69) is 25.5 Å². The number of aromatic nitrogens is 2. The summed E-state index contributed by atoms with van der Waals surface area (Å²) in [6, 6.07) is 5.62. The summed E-state index contributed by atoms with van der Waals surface area (Å²) in [5, 5.41) is 15.7. The summed E-state index contributed by atoms with van der Waals surface area (Å²) in [4.78, 5) is 25.7. The molecule has 3 fully saturated rings. The molecule has 1 amide bonds. The molecule has 3 aliphatic rings. The van der Waals surface area contributed by atoms with Crippen molar-refractivity contribution in [3.05, 3.63) is 30.1 Å². The summed E-state index contributed by atoms with van der Waals surface area (Å²) in [6.45, 7) is 3.32. The molecule has 0 spiro atoms. The average molecular weight is 506 g/mol. The van der Waals surface area contributed by atoms with Gasteiger partial charge in [0, 0.05) is 53.5 Å². The summed E-state index contributed by atoms with van der Waals surface area (Å²) in [5.41, 5.74) is 1.47. The first-order valence-electron chi connectivity index (χ1n) is 12.6.